The van der Waals surface area contributed by atoms with Crippen molar-refractivity contribution in [1.29, 1.82) is 0 Å². The van der Waals surface area contributed by atoms with E-state index in [0.717, 1.165) is 15.6 Å². The predicted octanol–water partition coefficient (Wildman–Crippen LogP) is 1.69. The smallest absolute Gasteiger partial charge is 0.329 e. The van der Waals surface area contributed by atoms with E-state index in [4.69, 9.17) is 0 Å². The van der Waals surface area contributed by atoms with Crippen molar-refractivity contribution in [3.63, 3.8) is 0 Å². The maximum atomic E-state index is 11.8. The number of hydrogen-bond donors (Lipinski definition) is 2. The Balaban J connectivity index is 2.34. The first-order valence-electron chi connectivity index (χ1n) is 5.93. The third-order valence-electron chi connectivity index (χ3n) is 3.20. The summed E-state index contributed by atoms with van der Waals surface area (Å²) in [5, 5.41) is 0. The minimum atomic E-state index is -0.479. The van der Waals surface area contributed by atoms with E-state index < -0.39 is 11.2 Å². The average Bonchev–Trinajstić information content (AvgIpc) is 2.81. The number of aromatic nitrogens is 4. The van der Waals surface area contributed by atoms with Crippen LogP contribution in [0.15, 0.2) is 32.3 Å². The summed E-state index contributed by atoms with van der Waals surface area (Å²) < 4.78 is 2.28. The number of H-pyrrole nitrogens is 2. The molecule has 2 N–H and O–H groups in total. The van der Waals surface area contributed by atoms with Gasteiger partial charge in [0.25, 0.3) is 5.56 Å². The van der Waals surface area contributed by atoms with Crippen LogP contribution in [0.25, 0.3) is 22.6 Å². The van der Waals surface area contributed by atoms with Gasteiger partial charge >= 0.3 is 5.69 Å². The van der Waals surface area contributed by atoms with Gasteiger partial charge in [-0.05, 0) is 30.7 Å². The van der Waals surface area contributed by atoms with Crippen LogP contribution >= 0.6 is 15.9 Å². The Hall–Kier alpha value is -2.15. The van der Waals surface area contributed by atoms with Crippen LogP contribution in [0.5, 0.6) is 0 Å². The quantitative estimate of drug-likeness (QED) is 0.710. The van der Waals surface area contributed by atoms with Gasteiger partial charge in [-0.15, -0.1) is 0 Å². The highest BCUT2D eigenvalue weighted by Gasteiger charge is 2.13. The van der Waals surface area contributed by atoms with Gasteiger partial charge in [0.15, 0.2) is 5.65 Å². The van der Waals surface area contributed by atoms with E-state index >= 15 is 0 Å². The molecule has 0 spiro atoms. The molecule has 6 nitrogen and oxygen atoms in total. The summed E-state index contributed by atoms with van der Waals surface area (Å²) in [7, 11) is 1.57. The molecule has 0 aliphatic carbocycles. The zero-order chi connectivity index (χ0) is 14.4. The molecule has 3 aromatic rings. The molecule has 0 amide bonds. The SMILES string of the molecule is Cc1cc(Br)ccc1-c1nc2c([nH]1)c(=O)[nH]c(=O)n2C. The predicted molar refractivity (Wildman–Crippen MR) is 79.8 cm³/mol. The van der Waals surface area contributed by atoms with Crippen molar-refractivity contribution in [2.45, 2.75) is 6.92 Å². The van der Waals surface area contributed by atoms with Gasteiger partial charge in [-0.3, -0.25) is 14.3 Å². The number of halogens is 1. The zero-order valence-corrected chi connectivity index (χ0v) is 12.4. The van der Waals surface area contributed by atoms with Crippen molar-refractivity contribution in [3.05, 3.63) is 49.1 Å². The van der Waals surface area contributed by atoms with Gasteiger partial charge in [0.2, 0.25) is 0 Å². The Morgan fingerprint density at radius 1 is 1.25 bits per heavy atom. The van der Waals surface area contributed by atoms with Crippen molar-refractivity contribution in [3.8, 4) is 11.4 Å². The van der Waals surface area contributed by atoms with E-state index in [1.807, 2.05) is 25.1 Å². The van der Waals surface area contributed by atoms with Crippen molar-refractivity contribution >= 4 is 27.1 Å². The average molecular weight is 335 g/mol. The molecule has 20 heavy (non-hydrogen) atoms. The fraction of sp³-hybridized carbons (Fsp3) is 0.154. The molecular formula is C13H11BrN4O2. The largest absolute Gasteiger partial charge is 0.332 e. The van der Waals surface area contributed by atoms with Gasteiger partial charge in [0.05, 0.1) is 0 Å². The van der Waals surface area contributed by atoms with E-state index in [9.17, 15) is 9.59 Å². The molecule has 0 atom stereocenters. The summed E-state index contributed by atoms with van der Waals surface area (Å²) in [5.41, 5.74) is 1.60. The summed E-state index contributed by atoms with van der Waals surface area (Å²) in [6.45, 7) is 1.95. The highest BCUT2D eigenvalue weighted by molar-refractivity contribution is 9.10. The molecule has 0 radical (unpaired) electrons. The van der Waals surface area contributed by atoms with E-state index in [1.54, 1.807) is 7.05 Å². The lowest BCUT2D eigenvalue weighted by Gasteiger charge is -2.02. The van der Waals surface area contributed by atoms with Gasteiger partial charge in [-0.25, -0.2) is 9.78 Å². The number of nitrogens with one attached hydrogen (secondary N) is 2. The highest BCUT2D eigenvalue weighted by Crippen LogP contribution is 2.24. The second-order valence-electron chi connectivity index (χ2n) is 4.56. The monoisotopic (exact) mass is 334 g/mol. The van der Waals surface area contributed by atoms with Crippen LogP contribution in [0.2, 0.25) is 0 Å². The molecule has 0 aliphatic heterocycles. The van der Waals surface area contributed by atoms with Crippen LogP contribution < -0.4 is 11.2 Å². The first-order valence-corrected chi connectivity index (χ1v) is 6.72. The molecule has 3 rings (SSSR count). The summed E-state index contributed by atoms with van der Waals surface area (Å²) in [6.07, 6.45) is 0. The highest BCUT2D eigenvalue weighted by atomic mass is 79.9. The maximum Gasteiger partial charge on any atom is 0.329 e. The molecule has 0 saturated heterocycles. The van der Waals surface area contributed by atoms with Crippen LogP contribution in [0.4, 0.5) is 0 Å². The molecule has 0 aliphatic rings. The summed E-state index contributed by atoms with van der Waals surface area (Å²) in [4.78, 5) is 32.9. The fourth-order valence-electron chi connectivity index (χ4n) is 2.13. The third-order valence-corrected chi connectivity index (χ3v) is 3.69. The number of aromatic amines is 2. The molecule has 0 fully saturated rings. The van der Waals surface area contributed by atoms with Crippen LogP contribution in [0, 0.1) is 6.92 Å². The Morgan fingerprint density at radius 2 is 2.00 bits per heavy atom. The first-order chi connectivity index (χ1) is 9.47. The Kier molecular flexibility index (Phi) is 2.86. The zero-order valence-electron chi connectivity index (χ0n) is 10.8. The molecule has 0 saturated carbocycles. The topological polar surface area (TPSA) is 83.5 Å². The number of aryl methyl sites for hydroxylation is 2. The molecule has 1 aromatic carbocycles. The first kappa shape index (κ1) is 12.9. The number of nitrogens with zero attached hydrogens (tertiary/aromatic N) is 2. The normalized spacial score (nSPS) is 11.2. The van der Waals surface area contributed by atoms with E-state index in [2.05, 4.69) is 30.9 Å². The minimum Gasteiger partial charge on any atom is -0.332 e. The minimum absolute atomic E-state index is 0.296. The molecule has 2 aromatic heterocycles. The Morgan fingerprint density at radius 3 is 2.70 bits per heavy atom. The maximum absolute atomic E-state index is 11.8. The summed E-state index contributed by atoms with van der Waals surface area (Å²) in [5.74, 6) is 0.566. The summed E-state index contributed by atoms with van der Waals surface area (Å²) in [6, 6.07) is 5.77. The summed E-state index contributed by atoms with van der Waals surface area (Å²) >= 11 is 3.41. The van der Waals surface area contributed by atoms with Crippen molar-refractivity contribution in [2.24, 2.45) is 7.05 Å². The lowest BCUT2D eigenvalue weighted by atomic mass is 10.1. The number of imidazole rings is 1. The van der Waals surface area contributed by atoms with Crippen LogP contribution in [-0.4, -0.2) is 19.5 Å². The molecule has 7 heteroatoms. The van der Waals surface area contributed by atoms with Gasteiger partial charge in [0.1, 0.15) is 11.3 Å². The second-order valence-corrected chi connectivity index (χ2v) is 5.48. The van der Waals surface area contributed by atoms with Gasteiger partial charge in [-0.1, -0.05) is 15.9 Å². The fourth-order valence-corrected chi connectivity index (χ4v) is 2.60. The Bertz CT molecular complexity index is 936. The molecule has 2 heterocycles. The van der Waals surface area contributed by atoms with Crippen molar-refractivity contribution in [1.82, 2.24) is 19.5 Å². The van der Waals surface area contributed by atoms with Crippen LogP contribution in [0.1, 0.15) is 5.56 Å². The lowest BCUT2D eigenvalue weighted by Crippen LogP contribution is -2.28. The Labute approximate surface area is 121 Å². The number of benzene rings is 1. The number of fused-ring (bicyclic) bond motifs is 1. The van der Waals surface area contributed by atoms with Gasteiger partial charge < -0.3 is 4.98 Å². The van der Waals surface area contributed by atoms with E-state index in [-0.39, 0.29) is 0 Å². The molecular weight excluding hydrogens is 324 g/mol. The molecule has 102 valence electrons. The van der Waals surface area contributed by atoms with Crippen LogP contribution in [0.3, 0.4) is 0 Å². The third kappa shape index (κ3) is 1.90. The molecule has 0 unspecified atom stereocenters. The number of rotatable bonds is 1. The van der Waals surface area contributed by atoms with Crippen molar-refractivity contribution < 1.29 is 0 Å². The van der Waals surface area contributed by atoms with Gasteiger partial charge in [-0.2, -0.15) is 0 Å². The van der Waals surface area contributed by atoms with Gasteiger partial charge in [0, 0.05) is 17.1 Å². The standard InChI is InChI=1S/C13H11BrN4O2/c1-6-5-7(14)3-4-8(6)10-15-9-11(16-10)18(2)13(20)17-12(9)19/h3-5H,1-2H3,(H,15,16)(H,17,19,20). The second kappa shape index (κ2) is 4.45. The van der Waals surface area contributed by atoms with Crippen molar-refractivity contribution in [2.75, 3.05) is 0 Å². The lowest BCUT2D eigenvalue weighted by molar-refractivity contribution is 0.832. The van der Waals surface area contributed by atoms with Crippen LogP contribution in [-0.2, 0) is 7.05 Å². The number of hydrogen-bond acceptors (Lipinski definition) is 3. The molecule has 0 bridgehead atoms. The van der Waals surface area contributed by atoms with E-state index in [1.165, 1.54) is 4.57 Å². The van der Waals surface area contributed by atoms with E-state index in [0.29, 0.717) is 17.0 Å².